The SMILES string of the molecule is COc1ccc([N+](=O)[O-])cc1S(=O)(=O)Nc1cccc(C(=O)NCC(F)(F)F)c1. The lowest BCUT2D eigenvalue weighted by Gasteiger charge is -2.12. The molecule has 0 bridgehead atoms. The van der Waals surface area contributed by atoms with Crippen molar-refractivity contribution >= 4 is 27.3 Å². The van der Waals surface area contributed by atoms with Gasteiger partial charge in [0.1, 0.15) is 17.2 Å². The summed E-state index contributed by atoms with van der Waals surface area (Å²) in [6.07, 6.45) is -4.60. The Hall–Kier alpha value is -3.35. The van der Waals surface area contributed by atoms with Gasteiger partial charge >= 0.3 is 6.18 Å². The van der Waals surface area contributed by atoms with Gasteiger partial charge in [-0.15, -0.1) is 0 Å². The molecule has 2 aromatic carbocycles. The van der Waals surface area contributed by atoms with Gasteiger partial charge < -0.3 is 10.1 Å². The fourth-order valence-electron chi connectivity index (χ4n) is 2.21. The first-order chi connectivity index (χ1) is 13.4. The van der Waals surface area contributed by atoms with E-state index in [4.69, 9.17) is 4.74 Å². The monoisotopic (exact) mass is 433 g/mol. The number of alkyl halides is 3. The fourth-order valence-corrected chi connectivity index (χ4v) is 3.44. The van der Waals surface area contributed by atoms with Crippen molar-refractivity contribution in [1.29, 1.82) is 0 Å². The van der Waals surface area contributed by atoms with E-state index >= 15 is 0 Å². The lowest BCUT2D eigenvalue weighted by Crippen LogP contribution is -2.33. The molecule has 0 unspecified atom stereocenters. The molecule has 0 aromatic heterocycles. The number of nitro groups is 1. The second-order valence-corrected chi connectivity index (χ2v) is 7.23. The average molecular weight is 433 g/mol. The zero-order chi connectivity index (χ0) is 21.8. The normalized spacial score (nSPS) is 11.6. The predicted octanol–water partition coefficient (Wildman–Crippen LogP) is 2.70. The van der Waals surface area contributed by atoms with Gasteiger partial charge in [-0.2, -0.15) is 13.2 Å². The summed E-state index contributed by atoms with van der Waals surface area (Å²) < 4.78 is 68.9. The van der Waals surface area contributed by atoms with Gasteiger partial charge in [-0.25, -0.2) is 8.42 Å². The highest BCUT2D eigenvalue weighted by Crippen LogP contribution is 2.29. The van der Waals surface area contributed by atoms with Crippen LogP contribution in [0, 0.1) is 10.1 Å². The Labute approximate surface area is 162 Å². The number of carbonyl (C=O) groups excluding carboxylic acids is 1. The van der Waals surface area contributed by atoms with Crippen molar-refractivity contribution in [3.05, 3.63) is 58.1 Å². The molecule has 9 nitrogen and oxygen atoms in total. The number of sulfonamides is 1. The summed E-state index contributed by atoms with van der Waals surface area (Å²) in [6, 6.07) is 7.68. The highest BCUT2D eigenvalue weighted by Gasteiger charge is 2.28. The van der Waals surface area contributed by atoms with E-state index in [1.54, 1.807) is 5.32 Å². The molecular weight excluding hydrogens is 419 g/mol. The molecule has 0 radical (unpaired) electrons. The van der Waals surface area contributed by atoms with Gasteiger partial charge in [0.2, 0.25) is 0 Å². The van der Waals surface area contributed by atoms with Crippen LogP contribution in [0.5, 0.6) is 5.75 Å². The third-order valence-electron chi connectivity index (χ3n) is 3.47. The van der Waals surface area contributed by atoms with E-state index in [0.717, 1.165) is 24.3 Å². The van der Waals surface area contributed by atoms with Crippen LogP contribution in [0.3, 0.4) is 0 Å². The molecule has 2 rings (SSSR count). The lowest BCUT2D eigenvalue weighted by molar-refractivity contribution is -0.385. The summed E-state index contributed by atoms with van der Waals surface area (Å²) in [5.74, 6) is -1.22. The van der Waals surface area contributed by atoms with Crippen molar-refractivity contribution in [2.45, 2.75) is 11.1 Å². The molecule has 0 aliphatic rings. The maximum atomic E-state index is 12.6. The van der Waals surface area contributed by atoms with Gasteiger partial charge in [0.25, 0.3) is 21.6 Å². The average Bonchev–Trinajstić information content (AvgIpc) is 2.64. The van der Waals surface area contributed by atoms with Crippen LogP contribution < -0.4 is 14.8 Å². The third-order valence-corrected chi connectivity index (χ3v) is 4.88. The summed E-state index contributed by atoms with van der Waals surface area (Å²) in [7, 11) is -3.21. The molecule has 0 heterocycles. The second kappa shape index (κ2) is 8.34. The number of anilines is 1. The van der Waals surface area contributed by atoms with Crippen molar-refractivity contribution < 1.29 is 36.0 Å². The summed E-state index contributed by atoms with van der Waals surface area (Å²) in [6.45, 7) is -1.55. The highest BCUT2D eigenvalue weighted by atomic mass is 32.2. The van der Waals surface area contributed by atoms with Crippen LogP contribution in [0.25, 0.3) is 0 Å². The molecule has 0 spiro atoms. The van der Waals surface area contributed by atoms with Crippen LogP contribution in [-0.2, 0) is 10.0 Å². The first kappa shape index (κ1) is 21.9. The van der Waals surface area contributed by atoms with Crippen molar-refractivity contribution in [2.75, 3.05) is 18.4 Å². The molecule has 1 amide bonds. The van der Waals surface area contributed by atoms with Gasteiger partial charge in [-0.05, 0) is 24.3 Å². The van der Waals surface area contributed by atoms with Crippen molar-refractivity contribution in [3.8, 4) is 5.75 Å². The number of halogens is 3. The Bertz CT molecular complexity index is 1040. The lowest BCUT2D eigenvalue weighted by atomic mass is 10.2. The summed E-state index contributed by atoms with van der Waals surface area (Å²) >= 11 is 0. The minimum absolute atomic E-state index is 0.141. The van der Waals surface area contributed by atoms with Gasteiger partial charge in [-0.3, -0.25) is 19.6 Å². The Balaban J connectivity index is 2.31. The van der Waals surface area contributed by atoms with E-state index < -0.39 is 44.2 Å². The van der Waals surface area contributed by atoms with E-state index in [0.29, 0.717) is 0 Å². The quantitative estimate of drug-likeness (QED) is 0.511. The molecular formula is C16H14F3N3O6S. The summed E-state index contributed by atoms with van der Waals surface area (Å²) in [5, 5.41) is 12.6. The largest absolute Gasteiger partial charge is 0.495 e. The molecule has 156 valence electrons. The van der Waals surface area contributed by atoms with Crippen molar-refractivity contribution in [3.63, 3.8) is 0 Å². The van der Waals surface area contributed by atoms with Gasteiger partial charge in [-0.1, -0.05) is 6.07 Å². The van der Waals surface area contributed by atoms with E-state index in [1.807, 2.05) is 0 Å². The molecule has 2 N–H and O–H groups in total. The number of ether oxygens (including phenoxy) is 1. The Kier molecular flexibility index (Phi) is 6.31. The zero-order valence-corrected chi connectivity index (χ0v) is 15.5. The first-order valence-electron chi connectivity index (χ1n) is 7.73. The van der Waals surface area contributed by atoms with Crippen LogP contribution >= 0.6 is 0 Å². The number of non-ortho nitro benzene ring substituents is 1. The van der Waals surface area contributed by atoms with Crippen LogP contribution in [-0.4, -0.2) is 39.1 Å². The van der Waals surface area contributed by atoms with Crippen molar-refractivity contribution in [2.24, 2.45) is 0 Å². The minimum Gasteiger partial charge on any atom is -0.495 e. The molecule has 13 heteroatoms. The fraction of sp³-hybridized carbons (Fsp3) is 0.188. The number of benzene rings is 2. The Morgan fingerprint density at radius 2 is 1.90 bits per heavy atom. The topological polar surface area (TPSA) is 128 Å². The van der Waals surface area contributed by atoms with Crippen LogP contribution in [0.2, 0.25) is 0 Å². The number of rotatable bonds is 7. The number of nitrogens with one attached hydrogen (secondary N) is 2. The van der Waals surface area contributed by atoms with E-state index in [2.05, 4.69) is 4.72 Å². The standard InChI is InChI=1S/C16H14F3N3O6S/c1-28-13-6-5-12(22(24)25)8-14(13)29(26,27)21-11-4-2-3-10(7-11)15(23)20-9-16(17,18)19/h2-8,21H,9H2,1H3,(H,20,23). The molecule has 29 heavy (non-hydrogen) atoms. The number of hydrogen-bond donors (Lipinski definition) is 2. The van der Waals surface area contributed by atoms with Crippen molar-refractivity contribution in [1.82, 2.24) is 5.32 Å². The molecule has 2 aromatic rings. The number of methoxy groups -OCH3 is 1. The van der Waals surface area contributed by atoms with Crippen LogP contribution in [0.1, 0.15) is 10.4 Å². The number of amides is 1. The Morgan fingerprint density at radius 1 is 1.21 bits per heavy atom. The smallest absolute Gasteiger partial charge is 0.405 e. The molecule has 0 aliphatic carbocycles. The van der Waals surface area contributed by atoms with Crippen LogP contribution in [0.15, 0.2) is 47.4 Å². The Morgan fingerprint density at radius 3 is 2.48 bits per heavy atom. The molecule has 0 atom stereocenters. The van der Waals surface area contributed by atoms with E-state index in [-0.39, 0.29) is 17.0 Å². The maximum Gasteiger partial charge on any atom is 0.405 e. The maximum absolute atomic E-state index is 12.6. The van der Waals surface area contributed by atoms with E-state index in [9.17, 15) is 36.5 Å². The first-order valence-corrected chi connectivity index (χ1v) is 9.21. The predicted molar refractivity (Wildman–Crippen MR) is 95.3 cm³/mol. The molecule has 0 aliphatic heterocycles. The van der Waals surface area contributed by atoms with Gasteiger partial charge in [0.15, 0.2) is 0 Å². The number of nitrogens with zero attached hydrogens (tertiary/aromatic N) is 1. The van der Waals surface area contributed by atoms with Crippen LogP contribution in [0.4, 0.5) is 24.5 Å². The number of carbonyl (C=O) groups is 1. The van der Waals surface area contributed by atoms with Gasteiger partial charge in [0, 0.05) is 23.4 Å². The van der Waals surface area contributed by atoms with Gasteiger partial charge in [0.05, 0.1) is 12.0 Å². The molecule has 0 fully saturated rings. The minimum atomic E-state index is -4.60. The molecule has 0 saturated heterocycles. The number of hydrogen-bond acceptors (Lipinski definition) is 6. The molecule has 0 saturated carbocycles. The second-order valence-electron chi connectivity index (χ2n) is 5.58. The van der Waals surface area contributed by atoms with E-state index in [1.165, 1.54) is 25.3 Å². The summed E-state index contributed by atoms with van der Waals surface area (Å²) in [4.78, 5) is 21.4. The highest BCUT2D eigenvalue weighted by molar-refractivity contribution is 7.92. The number of nitro benzene ring substituents is 1. The zero-order valence-electron chi connectivity index (χ0n) is 14.7. The summed E-state index contributed by atoms with van der Waals surface area (Å²) in [5.41, 5.74) is -0.856. The third kappa shape index (κ3) is 5.81.